The number of amides is 1. The van der Waals surface area contributed by atoms with Gasteiger partial charge in [-0.25, -0.2) is 0 Å². The average molecular weight is 224 g/mol. The zero-order valence-electron chi connectivity index (χ0n) is 10.3. The first-order chi connectivity index (χ1) is 7.66. The molecule has 0 unspecified atom stereocenters. The highest BCUT2D eigenvalue weighted by molar-refractivity contribution is 5.83. The summed E-state index contributed by atoms with van der Waals surface area (Å²) in [4.78, 5) is 12.2. The van der Waals surface area contributed by atoms with Crippen LogP contribution in [-0.4, -0.2) is 19.0 Å². The van der Waals surface area contributed by atoms with E-state index in [1.165, 1.54) is 12.8 Å². The Morgan fingerprint density at radius 3 is 2.44 bits per heavy atom. The lowest BCUT2D eigenvalue weighted by molar-refractivity contribution is -0.132. The van der Waals surface area contributed by atoms with Crippen LogP contribution in [0, 0.1) is 17.3 Å². The Balaban J connectivity index is 1.88. The van der Waals surface area contributed by atoms with Gasteiger partial charge < -0.3 is 11.1 Å². The van der Waals surface area contributed by atoms with Gasteiger partial charge in [0.05, 0.1) is 5.41 Å². The summed E-state index contributed by atoms with van der Waals surface area (Å²) in [5.74, 6) is 1.73. The highest BCUT2D eigenvalue weighted by Crippen LogP contribution is 2.38. The minimum atomic E-state index is -0.249. The molecule has 2 aliphatic carbocycles. The molecule has 0 heterocycles. The van der Waals surface area contributed by atoms with E-state index in [1.807, 2.05) is 0 Å². The fourth-order valence-corrected chi connectivity index (χ4v) is 2.59. The summed E-state index contributed by atoms with van der Waals surface area (Å²) in [6.45, 7) is 3.65. The van der Waals surface area contributed by atoms with Crippen LogP contribution in [0.5, 0.6) is 0 Å². The molecular formula is C13H24N2O. The molecular weight excluding hydrogens is 200 g/mol. The summed E-state index contributed by atoms with van der Waals surface area (Å²) in [5.41, 5.74) is 5.60. The van der Waals surface area contributed by atoms with Gasteiger partial charge >= 0.3 is 0 Å². The van der Waals surface area contributed by atoms with Gasteiger partial charge in [0, 0.05) is 13.1 Å². The zero-order chi connectivity index (χ0) is 11.6. The molecule has 16 heavy (non-hydrogen) atoms. The van der Waals surface area contributed by atoms with Crippen molar-refractivity contribution in [2.75, 3.05) is 13.1 Å². The Kier molecular flexibility index (Phi) is 3.53. The smallest absolute Gasteiger partial charge is 0.227 e. The van der Waals surface area contributed by atoms with E-state index < -0.39 is 0 Å². The van der Waals surface area contributed by atoms with E-state index in [0.29, 0.717) is 6.54 Å². The molecule has 92 valence electrons. The van der Waals surface area contributed by atoms with Crippen LogP contribution in [0.15, 0.2) is 0 Å². The maximum absolute atomic E-state index is 12.2. The van der Waals surface area contributed by atoms with E-state index in [4.69, 9.17) is 5.73 Å². The number of nitrogens with one attached hydrogen (secondary N) is 1. The van der Waals surface area contributed by atoms with Crippen molar-refractivity contribution in [1.29, 1.82) is 0 Å². The van der Waals surface area contributed by atoms with Gasteiger partial charge in [-0.05, 0) is 50.4 Å². The molecule has 0 saturated heterocycles. The summed E-state index contributed by atoms with van der Waals surface area (Å²) in [6.07, 6.45) is 6.81. The molecule has 3 nitrogen and oxygen atoms in total. The second kappa shape index (κ2) is 4.74. The fraction of sp³-hybridized carbons (Fsp3) is 0.923. The van der Waals surface area contributed by atoms with E-state index in [0.717, 1.165) is 44.1 Å². The number of rotatable bonds is 4. The Morgan fingerprint density at radius 2 is 1.94 bits per heavy atom. The quantitative estimate of drug-likeness (QED) is 0.763. The van der Waals surface area contributed by atoms with Crippen LogP contribution in [0.3, 0.4) is 0 Å². The lowest BCUT2D eigenvalue weighted by Crippen LogP contribution is -2.48. The predicted octanol–water partition coefficient (Wildman–Crippen LogP) is 1.67. The molecule has 1 amide bonds. The van der Waals surface area contributed by atoms with Crippen LogP contribution in [0.1, 0.15) is 45.4 Å². The Hall–Kier alpha value is -0.570. The molecule has 2 rings (SSSR count). The van der Waals surface area contributed by atoms with Gasteiger partial charge in [-0.3, -0.25) is 4.79 Å². The molecule has 3 N–H and O–H groups in total. The van der Waals surface area contributed by atoms with E-state index in [-0.39, 0.29) is 11.3 Å². The van der Waals surface area contributed by atoms with Gasteiger partial charge in [0.15, 0.2) is 0 Å². The molecule has 0 aromatic heterocycles. The van der Waals surface area contributed by atoms with Crippen molar-refractivity contribution in [3.05, 3.63) is 0 Å². The number of hydrogen-bond donors (Lipinski definition) is 2. The largest absolute Gasteiger partial charge is 0.355 e. The van der Waals surface area contributed by atoms with Crippen molar-refractivity contribution >= 4 is 5.91 Å². The Labute approximate surface area is 98.2 Å². The van der Waals surface area contributed by atoms with Gasteiger partial charge in [-0.1, -0.05) is 6.92 Å². The van der Waals surface area contributed by atoms with Crippen molar-refractivity contribution in [3.63, 3.8) is 0 Å². The molecule has 0 spiro atoms. The molecule has 0 aromatic carbocycles. The van der Waals surface area contributed by atoms with Gasteiger partial charge in [0.1, 0.15) is 0 Å². The predicted molar refractivity (Wildman–Crippen MR) is 64.9 cm³/mol. The van der Waals surface area contributed by atoms with Gasteiger partial charge in [-0.15, -0.1) is 0 Å². The Morgan fingerprint density at radius 1 is 1.31 bits per heavy atom. The SMILES string of the molecule is CC1CCC(CN)(C(=O)NCC2CC2)CC1. The average Bonchev–Trinajstić information content (AvgIpc) is 3.11. The first kappa shape index (κ1) is 11.9. The second-order valence-electron chi connectivity index (χ2n) is 5.82. The maximum atomic E-state index is 12.2. The third-order valence-corrected chi connectivity index (χ3v) is 4.35. The molecule has 2 fully saturated rings. The topological polar surface area (TPSA) is 55.1 Å². The van der Waals surface area contributed by atoms with Crippen molar-refractivity contribution in [2.45, 2.75) is 45.4 Å². The van der Waals surface area contributed by atoms with Crippen LogP contribution >= 0.6 is 0 Å². The summed E-state index contributed by atoms with van der Waals surface area (Å²) >= 11 is 0. The number of nitrogens with two attached hydrogens (primary N) is 1. The number of hydrogen-bond acceptors (Lipinski definition) is 2. The Bertz CT molecular complexity index is 253. The minimum Gasteiger partial charge on any atom is -0.355 e. The van der Waals surface area contributed by atoms with E-state index in [2.05, 4.69) is 12.2 Å². The lowest BCUT2D eigenvalue weighted by Gasteiger charge is -2.37. The molecule has 0 bridgehead atoms. The van der Waals surface area contributed by atoms with Crippen LogP contribution in [0.4, 0.5) is 0 Å². The summed E-state index contributed by atoms with van der Waals surface area (Å²) in [7, 11) is 0. The van der Waals surface area contributed by atoms with Crippen LogP contribution in [0.25, 0.3) is 0 Å². The van der Waals surface area contributed by atoms with Crippen LogP contribution in [0.2, 0.25) is 0 Å². The maximum Gasteiger partial charge on any atom is 0.227 e. The number of carbonyl (C=O) groups excluding carboxylic acids is 1. The first-order valence-corrected chi connectivity index (χ1v) is 6.65. The van der Waals surface area contributed by atoms with E-state index >= 15 is 0 Å². The molecule has 0 aromatic rings. The van der Waals surface area contributed by atoms with Gasteiger partial charge in [0.25, 0.3) is 0 Å². The third-order valence-electron chi connectivity index (χ3n) is 4.35. The molecule has 3 heteroatoms. The van der Waals surface area contributed by atoms with Gasteiger partial charge in [-0.2, -0.15) is 0 Å². The van der Waals surface area contributed by atoms with E-state index in [1.54, 1.807) is 0 Å². The lowest BCUT2D eigenvalue weighted by atomic mass is 9.70. The van der Waals surface area contributed by atoms with Crippen molar-refractivity contribution in [1.82, 2.24) is 5.32 Å². The van der Waals surface area contributed by atoms with Crippen LogP contribution < -0.4 is 11.1 Å². The monoisotopic (exact) mass is 224 g/mol. The van der Waals surface area contributed by atoms with Gasteiger partial charge in [0.2, 0.25) is 5.91 Å². The normalized spacial score (nSPS) is 34.8. The third kappa shape index (κ3) is 2.57. The zero-order valence-corrected chi connectivity index (χ0v) is 10.3. The fourth-order valence-electron chi connectivity index (χ4n) is 2.59. The molecule has 0 radical (unpaired) electrons. The van der Waals surface area contributed by atoms with Crippen molar-refractivity contribution < 1.29 is 4.79 Å². The second-order valence-corrected chi connectivity index (χ2v) is 5.82. The standard InChI is InChI=1S/C13H24N2O/c1-10-4-6-13(9-14,7-5-10)12(16)15-8-11-2-3-11/h10-11H,2-9,14H2,1H3,(H,15,16). The van der Waals surface area contributed by atoms with Crippen molar-refractivity contribution in [2.24, 2.45) is 23.0 Å². The highest BCUT2D eigenvalue weighted by atomic mass is 16.2. The number of carbonyl (C=O) groups is 1. The summed E-state index contributed by atoms with van der Waals surface area (Å²) in [5, 5.41) is 3.10. The summed E-state index contributed by atoms with van der Waals surface area (Å²) in [6, 6.07) is 0. The molecule has 0 atom stereocenters. The van der Waals surface area contributed by atoms with Crippen molar-refractivity contribution in [3.8, 4) is 0 Å². The molecule has 2 aliphatic rings. The first-order valence-electron chi connectivity index (χ1n) is 6.65. The minimum absolute atomic E-state index is 0.216. The molecule has 2 saturated carbocycles. The molecule has 0 aliphatic heterocycles. The highest BCUT2D eigenvalue weighted by Gasteiger charge is 2.40. The summed E-state index contributed by atoms with van der Waals surface area (Å²) < 4.78 is 0. The van der Waals surface area contributed by atoms with E-state index in [9.17, 15) is 4.79 Å². The van der Waals surface area contributed by atoms with Crippen LogP contribution in [-0.2, 0) is 4.79 Å².